The van der Waals surface area contributed by atoms with Crippen molar-refractivity contribution in [3.05, 3.63) is 28.2 Å². The molecule has 1 unspecified atom stereocenters. The summed E-state index contributed by atoms with van der Waals surface area (Å²) in [5.41, 5.74) is 2.55. The number of ether oxygens (including phenoxy) is 1. The van der Waals surface area contributed by atoms with Gasteiger partial charge in [-0.25, -0.2) is 0 Å². The first-order valence-corrected chi connectivity index (χ1v) is 7.69. The zero-order chi connectivity index (χ0) is 13.8. The van der Waals surface area contributed by atoms with E-state index < -0.39 is 0 Å². The second-order valence-corrected chi connectivity index (χ2v) is 6.29. The number of nitrogens with zero attached hydrogens (tertiary/aromatic N) is 1. The molecule has 1 aliphatic heterocycles. The third-order valence-electron chi connectivity index (χ3n) is 3.60. The van der Waals surface area contributed by atoms with Gasteiger partial charge in [-0.15, -0.1) is 0 Å². The smallest absolute Gasteiger partial charge is 0.0670 e. The molecule has 0 aliphatic carbocycles. The second-order valence-electron chi connectivity index (χ2n) is 5.44. The molecular formula is C15H23BrN2O. The molecule has 0 radical (unpaired) electrons. The maximum atomic E-state index is 5.46. The van der Waals surface area contributed by atoms with Crippen LogP contribution < -0.4 is 10.2 Å². The highest BCUT2D eigenvalue weighted by molar-refractivity contribution is 9.10. The van der Waals surface area contributed by atoms with Crippen LogP contribution in [0.4, 0.5) is 5.69 Å². The zero-order valence-corrected chi connectivity index (χ0v) is 13.5. The van der Waals surface area contributed by atoms with Gasteiger partial charge in [0.15, 0.2) is 0 Å². The van der Waals surface area contributed by atoms with E-state index in [9.17, 15) is 0 Å². The van der Waals surface area contributed by atoms with Gasteiger partial charge in [-0.2, -0.15) is 0 Å². The van der Waals surface area contributed by atoms with Crippen molar-refractivity contribution >= 4 is 21.6 Å². The predicted molar refractivity (Wildman–Crippen MR) is 83.7 cm³/mol. The minimum absolute atomic E-state index is 0.505. The summed E-state index contributed by atoms with van der Waals surface area (Å²) in [5.74, 6) is 0. The van der Waals surface area contributed by atoms with E-state index in [0.29, 0.717) is 12.1 Å². The Labute approximate surface area is 124 Å². The highest BCUT2D eigenvalue weighted by Crippen LogP contribution is 2.26. The molecule has 0 spiro atoms. The lowest BCUT2D eigenvalue weighted by atomic mass is 10.1. The number of likely N-dealkylation sites (N-methyl/N-ethyl adjacent to an activating group) is 1. The van der Waals surface area contributed by atoms with Gasteiger partial charge in [0.05, 0.1) is 12.6 Å². The number of hydrogen-bond donors (Lipinski definition) is 1. The molecule has 1 fully saturated rings. The minimum Gasteiger partial charge on any atom is -0.379 e. The van der Waals surface area contributed by atoms with E-state index in [1.165, 1.54) is 15.7 Å². The van der Waals surface area contributed by atoms with Gasteiger partial charge in [-0.05, 0) is 24.1 Å². The molecule has 1 aromatic carbocycles. The molecule has 19 heavy (non-hydrogen) atoms. The van der Waals surface area contributed by atoms with Crippen LogP contribution in [0.5, 0.6) is 0 Å². The molecule has 106 valence electrons. The van der Waals surface area contributed by atoms with Gasteiger partial charge < -0.3 is 15.0 Å². The molecule has 0 bridgehead atoms. The highest BCUT2D eigenvalue weighted by atomic mass is 79.9. The van der Waals surface area contributed by atoms with Crippen molar-refractivity contribution in [2.24, 2.45) is 0 Å². The molecule has 1 aromatic rings. The Morgan fingerprint density at radius 1 is 1.47 bits per heavy atom. The average molecular weight is 327 g/mol. The van der Waals surface area contributed by atoms with Gasteiger partial charge >= 0.3 is 0 Å². The third kappa shape index (κ3) is 3.94. The average Bonchev–Trinajstić information content (AvgIpc) is 2.90. The number of benzene rings is 1. The summed E-state index contributed by atoms with van der Waals surface area (Å²) in [6.45, 7) is 6.94. The van der Waals surface area contributed by atoms with E-state index >= 15 is 0 Å². The van der Waals surface area contributed by atoms with Crippen molar-refractivity contribution in [2.45, 2.75) is 38.9 Å². The molecule has 1 aliphatic rings. The van der Waals surface area contributed by atoms with Crippen LogP contribution >= 0.6 is 15.9 Å². The van der Waals surface area contributed by atoms with Crippen molar-refractivity contribution < 1.29 is 4.74 Å². The number of anilines is 1. The zero-order valence-electron chi connectivity index (χ0n) is 11.9. The summed E-state index contributed by atoms with van der Waals surface area (Å²) in [6.07, 6.45) is 1.12. The Morgan fingerprint density at radius 3 is 2.84 bits per heavy atom. The Balaban J connectivity index is 2.05. The summed E-state index contributed by atoms with van der Waals surface area (Å²) in [6, 6.07) is 7.61. The molecular weight excluding hydrogens is 304 g/mol. The summed E-state index contributed by atoms with van der Waals surface area (Å²) in [5, 5.41) is 3.44. The number of halogens is 1. The predicted octanol–water partition coefficient (Wildman–Crippen LogP) is 3.17. The largest absolute Gasteiger partial charge is 0.379 e. The maximum Gasteiger partial charge on any atom is 0.0670 e. The van der Waals surface area contributed by atoms with Crippen molar-refractivity contribution in [1.82, 2.24) is 5.32 Å². The fourth-order valence-electron chi connectivity index (χ4n) is 2.25. The summed E-state index contributed by atoms with van der Waals surface area (Å²) < 4.78 is 6.63. The SMILES string of the molecule is CC(C)NCc1ccc(N(C)C2CCOC2)cc1Br. The maximum absolute atomic E-state index is 5.46. The van der Waals surface area contributed by atoms with Crippen molar-refractivity contribution in [3.8, 4) is 0 Å². The fraction of sp³-hybridized carbons (Fsp3) is 0.600. The molecule has 1 saturated heterocycles. The molecule has 1 heterocycles. The monoisotopic (exact) mass is 326 g/mol. The molecule has 1 atom stereocenters. The van der Waals surface area contributed by atoms with Crippen molar-refractivity contribution in [2.75, 3.05) is 25.2 Å². The van der Waals surface area contributed by atoms with Crippen LogP contribution in [-0.2, 0) is 11.3 Å². The quantitative estimate of drug-likeness (QED) is 0.899. The topological polar surface area (TPSA) is 24.5 Å². The van der Waals surface area contributed by atoms with Gasteiger partial charge in [0.1, 0.15) is 0 Å². The first kappa shape index (κ1) is 14.8. The normalized spacial score (nSPS) is 19.1. The van der Waals surface area contributed by atoms with E-state index in [0.717, 1.165) is 26.2 Å². The highest BCUT2D eigenvalue weighted by Gasteiger charge is 2.20. The van der Waals surface area contributed by atoms with Crippen LogP contribution in [0.25, 0.3) is 0 Å². The third-order valence-corrected chi connectivity index (χ3v) is 4.34. The van der Waals surface area contributed by atoms with Crippen LogP contribution in [-0.4, -0.2) is 32.3 Å². The van der Waals surface area contributed by atoms with E-state index in [4.69, 9.17) is 4.74 Å². The van der Waals surface area contributed by atoms with Crippen molar-refractivity contribution in [3.63, 3.8) is 0 Å². The lowest BCUT2D eigenvalue weighted by Gasteiger charge is -2.26. The summed E-state index contributed by atoms with van der Waals surface area (Å²) in [4.78, 5) is 2.32. The molecule has 0 amide bonds. The Kier molecular flexibility index (Phi) is 5.25. The van der Waals surface area contributed by atoms with E-state index in [-0.39, 0.29) is 0 Å². The molecule has 1 N–H and O–H groups in total. The van der Waals surface area contributed by atoms with Gasteiger partial charge in [0.25, 0.3) is 0 Å². The molecule has 4 heteroatoms. The van der Waals surface area contributed by atoms with Crippen LogP contribution in [0.1, 0.15) is 25.8 Å². The number of nitrogens with one attached hydrogen (secondary N) is 1. The lowest BCUT2D eigenvalue weighted by molar-refractivity contribution is 0.193. The van der Waals surface area contributed by atoms with Crippen LogP contribution in [0.15, 0.2) is 22.7 Å². The van der Waals surface area contributed by atoms with E-state index in [1.807, 2.05) is 0 Å². The standard InChI is InChI=1S/C15H23BrN2O/c1-11(2)17-9-12-4-5-13(8-15(12)16)18(3)14-6-7-19-10-14/h4-5,8,11,14,17H,6-7,9-10H2,1-3H3. The molecule has 0 saturated carbocycles. The van der Waals surface area contributed by atoms with E-state index in [2.05, 4.69) is 65.2 Å². The summed E-state index contributed by atoms with van der Waals surface area (Å²) >= 11 is 3.68. The van der Waals surface area contributed by atoms with Gasteiger partial charge in [-0.3, -0.25) is 0 Å². The van der Waals surface area contributed by atoms with Gasteiger partial charge in [0.2, 0.25) is 0 Å². The second kappa shape index (κ2) is 6.73. The van der Waals surface area contributed by atoms with Gasteiger partial charge in [-0.1, -0.05) is 35.8 Å². The summed E-state index contributed by atoms with van der Waals surface area (Å²) in [7, 11) is 2.15. The molecule has 3 nitrogen and oxygen atoms in total. The van der Waals surface area contributed by atoms with Gasteiger partial charge in [0, 0.05) is 36.4 Å². The first-order chi connectivity index (χ1) is 9.08. The Hall–Kier alpha value is -0.580. The Bertz CT molecular complexity index is 417. The first-order valence-electron chi connectivity index (χ1n) is 6.90. The van der Waals surface area contributed by atoms with E-state index in [1.54, 1.807) is 0 Å². The van der Waals surface area contributed by atoms with Crippen LogP contribution in [0, 0.1) is 0 Å². The van der Waals surface area contributed by atoms with Crippen LogP contribution in [0.3, 0.4) is 0 Å². The Morgan fingerprint density at radius 2 is 2.26 bits per heavy atom. The lowest BCUT2D eigenvalue weighted by Crippen LogP contribution is -2.31. The molecule has 2 rings (SSSR count). The number of hydrogen-bond acceptors (Lipinski definition) is 3. The fourth-order valence-corrected chi connectivity index (χ4v) is 2.76. The van der Waals surface area contributed by atoms with Crippen molar-refractivity contribution in [1.29, 1.82) is 0 Å². The molecule has 0 aromatic heterocycles. The van der Waals surface area contributed by atoms with Crippen LogP contribution in [0.2, 0.25) is 0 Å². The number of rotatable bonds is 5. The minimum atomic E-state index is 0.505.